The van der Waals surface area contributed by atoms with Crippen molar-refractivity contribution in [2.24, 2.45) is 0 Å². The number of phenolic OH excluding ortho intramolecular Hbond substituents is 1. The zero-order valence-electron chi connectivity index (χ0n) is 12.7. The van der Waals surface area contributed by atoms with Gasteiger partial charge >= 0.3 is 0 Å². The van der Waals surface area contributed by atoms with Crippen LogP contribution < -0.4 is 5.32 Å². The van der Waals surface area contributed by atoms with Gasteiger partial charge in [-0.25, -0.2) is 8.78 Å². The normalized spacial score (nSPS) is 17.1. The molecule has 0 amide bonds. The molecule has 2 aliphatic heterocycles. The van der Waals surface area contributed by atoms with Crippen LogP contribution in [0, 0.1) is 11.6 Å². The zero-order chi connectivity index (χ0) is 16.4. The molecule has 2 heterocycles. The highest BCUT2D eigenvalue weighted by Crippen LogP contribution is 2.47. The van der Waals surface area contributed by atoms with Crippen molar-refractivity contribution in [2.45, 2.75) is 26.0 Å². The summed E-state index contributed by atoms with van der Waals surface area (Å²) in [7, 11) is 0. The lowest BCUT2D eigenvalue weighted by atomic mass is 9.89. The third kappa shape index (κ3) is 2.07. The molecule has 2 aliphatic rings. The first-order chi connectivity index (χ1) is 10.9. The minimum absolute atomic E-state index is 0.134. The van der Waals surface area contributed by atoms with E-state index in [9.17, 15) is 13.9 Å². The van der Waals surface area contributed by atoms with E-state index in [0.29, 0.717) is 18.2 Å². The fourth-order valence-electron chi connectivity index (χ4n) is 3.25. The van der Waals surface area contributed by atoms with Gasteiger partial charge in [-0.3, -0.25) is 0 Å². The van der Waals surface area contributed by atoms with Crippen LogP contribution in [0.3, 0.4) is 0 Å². The van der Waals surface area contributed by atoms with E-state index in [1.54, 1.807) is 6.07 Å². The van der Waals surface area contributed by atoms with Crippen molar-refractivity contribution >= 4 is 11.4 Å². The lowest BCUT2D eigenvalue weighted by Gasteiger charge is -2.30. The number of halogens is 2. The monoisotopic (exact) mass is 315 g/mol. The Morgan fingerprint density at radius 3 is 2.74 bits per heavy atom. The molecule has 0 aromatic heterocycles. The molecule has 0 radical (unpaired) electrons. The molecule has 23 heavy (non-hydrogen) atoms. The number of nitrogens with one attached hydrogen (secondary N) is 1. The molecule has 3 nitrogen and oxygen atoms in total. The molecule has 0 unspecified atom stereocenters. The molecule has 2 aromatic rings. The van der Waals surface area contributed by atoms with Crippen LogP contribution in [0.25, 0.3) is 16.9 Å². The van der Waals surface area contributed by atoms with Crippen molar-refractivity contribution in [3.63, 3.8) is 0 Å². The number of phenols is 1. The summed E-state index contributed by atoms with van der Waals surface area (Å²) < 4.78 is 33.0. The van der Waals surface area contributed by atoms with Crippen LogP contribution in [0.2, 0.25) is 0 Å². The predicted molar refractivity (Wildman–Crippen MR) is 83.9 cm³/mol. The van der Waals surface area contributed by atoms with E-state index in [4.69, 9.17) is 4.74 Å². The van der Waals surface area contributed by atoms with Crippen LogP contribution in [-0.4, -0.2) is 10.6 Å². The summed E-state index contributed by atoms with van der Waals surface area (Å²) in [6.07, 6.45) is 1.99. The predicted octanol–water partition coefficient (Wildman–Crippen LogP) is 4.41. The van der Waals surface area contributed by atoms with Crippen LogP contribution in [0.4, 0.5) is 14.5 Å². The molecular weight excluding hydrogens is 300 g/mol. The number of hydrogen-bond acceptors (Lipinski definition) is 3. The van der Waals surface area contributed by atoms with Gasteiger partial charge in [0.15, 0.2) is 11.6 Å². The Balaban J connectivity index is 1.96. The second-order valence-electron chi connectivity index (χ2n) is 6.44. The number of benzene rings is 2. The van der Waals surface area contributed by atoms with Crippen molar-refractivity contribution in [3.05, 3.63) is 53.1 Å². The Morgan fingerprint density at radius 2 is 1.96 bits per heavy atom. The average molecular weight is 315 g/mol. The maximum atomic E-state index is 13.7. The van der Waals surface area contributed by atoms with Crippen LogP contribution in [0.15, 0.2) is 30.3 Å². The molecule has 4 rings (SSSR count). The first kappa shape index (κ1) is 14.1. The quantitative estimate of drug-likeness (QED) is 0.819. The van der Waals surface area contributed by atoms with Gasteiger partial charge in [-0.1, -0.05) is 6.07 Å². The standard InChI is InChI=1S/C18H15F2NO2/c1-18(2)7-15-16-12(8-23-15)10(3-4-14(16)21-18)11-5-9(19)6-13(20)17(11)22/h3-7,21-22H,8H2,1-2H3. The Morgan fingerprint density at radius 1 is 1.17 bits per heavy atom. The van der Waals surface area contributed by atoms with Crippen molar-refractivity contribution in [1.82, 2.24) is 0 Å². The SMILES string of the molecule is CC1(C)C=C2OCc3c(-c4cc(F)cc(F)c4O)ccc(c32)N1. The molecule has 0 atom stereocenters. The highest BCUT2D eigenvalue weighted by molar-refractivity contribution is 5.88. The van der Waals surface area contributed by atoms with E-state index < -0.39 is 17.4 Å². The minimum Gasteiger partial charge on any atom is -0.504 e. The summed E-state index contributed by atoms with van der Waals surface area (Å²) in [6, 6.07) is 5.41. The highest BCUT2D eigenvalue weighted by atomic mass is 19.1. The van der Waals surface area contributed by atoms with Crippen LogP contribution >= 0.6 is 0 Å². The average Bonchev–Trinajstić information content (AvgIpc) is 2.87. The Labute approximate surface area is 132 Å². The van der Waals surface area contributed by atoms with Crippen molar-refractivity contribution in [1.29, 1.82) is 0 Å². The van der Waals surface area contributed by atoms with E-state index >= 15 is 0 Å². The van der Waals surface area contributed by atoms with Crippen LogP contribution in [0.1, 0.15) is 25.0 Å². The molecule has 0 fully saturated rings. The number of ether oxygens (including phenoxy) is 1. The molecular formula is C18H15F2NO2. The Kier molecular flexibility index (Phi) is 2.73. The van der Waals surface area contributed by atoms with E-state index in [1.165, 1.54) is 0 Å². The maximum Gasteiger partial charge on any atom is 0.168 e. The fourth-order valence-corrected chi connectivity index (χ4v) is 3.25. The first-order valence-corrected chi connectivity index (χ1v) is 7.34. The van der Waals surface area contributed by atoms with Gasteiger partial charge in [0.05, 0.1) is 5.54 Å². The molecule has 0 aliphatic carbocycles. The first-order valence-electron chi connectivity index (χ1n) is 7.34. The number of hydrogen-bond donors (Lipinski definition) is 2. The van der Waals surface area contributed by atoms with Crippen LogP contribution in [0.5, 0.6) is 5.75 Å². The van der Waals surface area contributed by atoms with Crippen molar-refractivity contribution in [2.75, 3.05) is 5.32 Å². The zero-order valence-corrected chi connectivity index (χ0v) is 12.7. The minimum atomic E-state index is -0.973. The smallest absolute Gasteiger partial charge is 0.168 e. The Hall–Kier alpha value is -2.56. The second-order valence-corrected chi connectivity index (χ2v) is 6.44. The van der Waals surface area contributed by atoms with Gasteiger partial charge in [0.1, 0.15) is 18.2 Å². The van der Waals surface area contributed by atoms with E-state index in [-0.39, 0.29) is 11.1 Å². The third-order valence-electron chi connectivity index (χ3n) is 4.20. The summed E-state index contributed by atoms with van der Waals surface area (Å²) in [5, 5.41) is 13.4. The second kappa shape index (κ2) is 4.47. The van der Waals surface area contributed by atoms with Gasteiger partial charge in [0.25, 0.3) is 0 Å². The van der Waals surface area contributed by atoms with Gasteiger partial charge in [-0.15, -0.1) is 0 Å². The van der Waals surface area contributed by atoms with E-state index in [2.05, 4.69) is 5.32 Å². The number of rotatable bonds is 1. The molecule has 5 heteroatoms. The molecule has 0 saturated heterocycles. The van der Waals surface area contributed by atoms with Gasteiger partial charge in [0, 0.05) is 28.4 Å². The molecule has 0 saturated carbocycles. The van der Waals surface area contributed by atoms with Crippen LogP contribution in [-0.2, 0) is 11.3 Å². The van der Waals surface area contributed by atoms with Gasteiger partial charge in [-0.05, 0) is 37.6 Å². The summed E-state index contributed by atoms with van der Waals surface area (Å²) in [6.45, 7) is 4.37. The van der Waals surface area contributed by atoms with Gasteiger partial charge < -0.3 is 15.2 Å². The number of anilines is 1. The molecule has 0 spiro atoms. The van der Waals surface area contributed by atoms with Crippen molar-refractivity contribution < 1.29 is 18.6 Å². The lowest BCUT2D eigenvalue weighted by molar-refractivity contribution is 0.283. The third-order valence-corrected chi connectivity index (χ3v) is 4.20. The molecule has 2 aromatic carbocycles. The van der Waals surface area contributed by atoms with Crippen molar-refractivity contribution in [3.8, 4) is 16.9 Å². The van der Waals surface area contributed by atoms with Gasteiger partial charge in [-0.2, -0.15) is 0 Å². The highest BCUT2D eigenvalue weighted by Gasteiger charge is 2.33. The topological polar surface area (TPSA) is 41.5 Å². The molecule has 0 bridgehead atoms. The molecule has 118 valence electrons. The molecule has 2 N–H and O–H groups in total. The Bertz CT molecular complexity index is 872. The van der Waals surface area contributed by atoms with E-state index in [1.807, 2.05) is 26.0 Å². The largest absolute Gasteiger partial charge is 0.504 e. The van der Waals surface area contributed by atoms with E-state index in [0.717, 1.165) is 28.6 Å². The summed E-state index contributed by atoms with van der Waals surface area (Å²) in [5.74, 6) is -1.49. The lowest BCUT2D eigenvalue weighted by Crippen LogP contribution is -2.31. The summed E-state index contributed by atoms with van der Waals surface area (Å²) in [5.41, 5.74) is 3.10. The summed E-state index contributed by atoms with van der Waals surface area (Å²) >= 11 is 0. The number of aromatic hydroxyl groups is 1. The maximum absolute atomic E-state index is 13.7. The fraction of sp³-hybridized carbons (Fsp3) is 0.222. The van der Waals surface area contributed by atoms with Gasteiger partial charge in [0.2, 0.25) is 0 Å². The summed E-state index contributed by atoms with van der Waals surface area (Å²) in [4.78, 5) is 0.